The molecular weight excluding hydrogens is 917 g/mol. The van der Waals surface area contributed by atoms with Crippen LogP contribution in [0.1, 0.15) is 120 Å². The molecule has 0 bridgehead atoms. The summed E-state index contributed by atoms with van der Waals surface area (Å²) in [6.45, 7) is 13.9. The molecule has 70 heavy (non-hydrogen) atoms. The number of carbonyl (C=O) groups excluding carboxylic acids is 2. The normalized spacial score (nSPS) is 51.7. The molecule has 4 N–H and O–H groups in total. The predicted octanol–water partition coefficient (Wildman–Crippen LogP) is 3.40. The lowest BCUT2D eigenvalue weighted by Crippen LogP contribution is -2.79. The van der Waals surface area contributed by atoms with E-state index in [0.717, 1.165) is 5.57 Å². The largest absolute Gasteiger partial charge is 0.459 e. The van der Waals surface area contributed by atoms with Crippen LogP contribution in [0.2, 0.25) is 0 Å². The quantitative estimate of drug-likeness (QED) is 0.144. The second kappa shape index (κ2) is 21.1. The van der Waals surface area contributed by atoms with Gasteiger partial charge in [-0.2, -0.15) is 0 Å². The first-order valence-electron chi connectivity index (χ1n) is 25.6. The molecule has 8 rings (SSSR count). The maximum Gasteiger partial charge on any atom is 0.303 e. The van der Waals surface area contributed by atoms with Crippen LogP contribution in [0.25, 0.3) is 0 Å². The molecule has 4 saturated heterocycles. The summed E-state index contributed by atoms with van der Waals surface area (Å²) in [6, 6.07) is 0. The zero-order valence-corrected chi connectivity index (χ0v) is 43.2. The van der Waals surface area contributed by atoms with Gasteiger partial charge < -0.3 is 82.0 Å². The van der Waals surface area contributed by atoms with E-state index in [1.807, 2.05) is 33.8 Å². The van der Waals surface area contributed by atoms with Gasteiger partial charge in [-0.3, -0.25) is 9.59 Å². The maximum absolute atomic E-state index is 12.9. The first-order valence-corrected chi connectivity index (χ1v) is 25.6. The van der Waals surface area contributed by atoms with Crippen LogP contribution in [-0.4, -0.2) is 189 Å². The lowest BCUT2D eigenvalue weighted by molar-refractivity contribution is -0.347. The molecule has 19 heteroatoms. The highest BCUT2D eigenvalue weighted by molar-refractivity contribution is 5.80. The fourth-order valence-corrected chi connectivity index (χ4v) is 14.4. The van der Waals surface area contributed by atoms with Crippen LogP contribution in [0, 0.1) is 22.7 Å². The van der Waals surface area contributed by atoms with Crippen LogP contribution in [0.15, 0.2) is 11.6 Å². The van der Waals surface area contributed by atoms with E-state index >= 15 is 0 Å². The Morgan fingerprint density at radius 2 is 1.09 bits per heavy atom. The Hall–Kier alpha value is -1.76. The number of methoxy groups -OCH3 is 4. The van der Waals surface area contributed by atoms with Gasteiger partial charge in [-0.1, -0.05) is 25.5 Å². The van der Waals surface area contributed by atoms with E-state index in [-0.39, 0.29) is 30.8 Å². The number of hydrogen-bond acceptors (Lipinski definition) is 19. The van der Waals surface area contributed by atoms with Gasteiger partial charge in [0.2, 0.25) is 0 Å². The van der Waals surface area contributed by atoms with Crippen molar-refractivity contribution in [1.82, 2.24) is 0 Å². The minimum Gasteiger partial charge on any atom is -0.459 e. The number of esters is 1. The average molecular weight is 999 g/mol. The van der Waals surface area contributed by atoms with E-state index in [2.05, 4.69) is 0 Å². The molecule has 25 atom stereocenters. The number of ether oxygens (including phenoxy) is 13. The second-order valence-corrected chi connectivity index (χ2v) is 22.0. The molecule has 0 aromatic carbocycles. The van der Waals surface area contributed by atoms with Crippen molar-refractivity contribution in [2.24, 2.45) is 22.7 Å². The Kier molecular flexibility index (Phi) is 16.4. The number of aliphatic hydroxyl groups excluding tert-OH is 2. The second-order valence-electron chi connectivity index (χ2n) is 22.0. The van der Waals surface area contributed by atoms with Crippen LogP contribution in [0.5, 0.6) is 0 Å². The highest BCUT2D eigenvalue weighted by atomic mass is 16.8. The molecule has 0 spiro atoms. The highest BCUT2D eigenvalue weighted by Gasteiger charge is 2.79. The maximum atomic E-state index is 12.9. The summed E-state index contributed by atoms with van der Waals surface area (Å²) >= 11 is 0. The molecule has 0 radical (unpaired) electrons. The number of fused-ring (bicyclic) bond motifs is 5. The van der Waals surface area contributed by atoms with Crippen molar-refractivity contribution in [3.8, 4) is 0 Å². The molecule has 25 unspecified atom stereocenters. The molecule has 7 fully saturated rings. The molecule has 0 aromatic heterocycles. The Bertz CT molecular complexity index is 1870. The van der Waals surface area contributed by atoms with Crippen molar-refractivity contribution < 1.29 is 91.6 Å². The van der Waals surface area contributed by atoms with Crippen molar-refractivity contribution in [2.45, 2.75) is 248 Å². The highest BCUT2D eigenvalue weighted by Crippen LogP contribution is 2.70. The van der Waals surface area contributed by atoms with E-state index in [9.17, 15) is 30.0 Å². The van der Waals surface area contributed by atoms with Gasteiger partial charge in [0.15, 0.2) is 25.2 Å². The SMILES string of the molecule is COC1CC(OC2C(C)OC(OC3C(C)OC(OC4C(C)OC(OC5CCC6(C)C(=CCC7(O)C6C(OC(C)=O)C(O)C6(C)C(C(C)=O)CCC76O)C5)CC4OC)CC3OC)CC2OC)OC(C)C1O. The molecule has 19 nitrogen and oxygen atoms in total. The summed E-state index contributed by atoms with van der Waals surface area (Å²) in [6.07, 6.45) is -5.35. The first-order chi connectivity index (χ1) is 33.1. The Morgan fingerprint density at radius 3 is 1.54 bits per heavy atom. The minimum atomic E-state index is -1.80. The summed E-state index contributed by atoms with van der Waals surface area (Å²) in [4.78, 5) is 25.6. The number of hydrogen-bond donors (Lipinski definition) is 4. The smallest absolute Gasteiger partial charge is 0.303 e. The molecular formula is C51H82O19. The minimum absolute atomic E-state index is 0.0640. The zero-order chi connectivity index (χ0) is 50.8. The zero-order valence-electron chi connectivity index (χ0n) is 43.2. The monoisotopic (exact) mass is 999 g/mol. The summed E-state index contributed by atoms with van der Waals surface area (Å²) in [5, 5.41) is 48.0. The van der Waals surface area contributed by atoms with Crippen LogP contribution in [0.3, 0.4) is 0 Å². The Morgan fingerprint density at radius 1 is 0.629 bits per heavy atom. The van der Waals surface area contributed by atoms with E-state index in [0.29, 0.717) is 51.4 Å². The predicted molar refractivity (Wildman–Crippen MR) is 246 cm³/mol. The lowest BCUT2D eigenvalue weighted by atomic mass is 9.42. The van der Waals surface area contributed by atoms with Gasteiger partial charge in [-0.25, -0.2) is 0 Å². The fourth-order valence-electron chi connectivity index (χ4n) is 14.4. The lowest BCUT2D eigenvalue weighted by Gasteiger charge is -2.67. The van der Waals surface area contributed by atoms with Crippen LogP contribution < -0.4 is 0 Å². The molecule has 4 aliphatic heterocycles. The van der Waals surface area contributed by atoms with Gasteiger partial charge in [0.25, 0.3) is 0 Å². The van der Waals surface area contributed by atoms with Crippen LogP contribution >= 0.6 is 0 Å². The molecule has 0 aromatic rings. The molecule has 400 valence electrons. The van der Waals surface area contributed by atoms with Crippen molar-refractivity contribution >= 4 is 11.8 Å². The standard InChI is InChI=1S/C51H82O19/c1-24(52)32-15-18-51(57)49(32,8)47(55)45(66-29(6)53)46-48(7)16-14-31(19-30(48)13-17-50(46,51)56)67-37-21-34(59-10)42(26(3)63-37)69-39-23-36(61-12)44(28(5)65-39)70-40-22-35(60-11)43(27(4)64-40)68-38-20-33(58-9)41(54)25(2)62-38/h13,25-28,31-47,54-57H,14-23H2,1-12H3. The van der Waals surface area contributed by atoms with Gasteiger partial charge in [0, 0.05) is 78.3 Å². The first kappa shape index (κ1) is 54.5. The number of carbonyl (C=O) groups is 2. The Labute approximate surface area is 412 Å². The van der Waals surface area contributed by atoms with E-state index in [1.54, 1.807) is 42.3 Å². The van der Waals surface area contributed by atoms with E-state index in [4.69, 9.17) is 61.6 Å². The number of aliphatic hydroxyl groups is 4. The van der Waals surface area contributed by atoms with Gasteiger partial charge in [-0.15, -0.1) is 0 Å². The molecule has 3 saturated carbocycles. The summed E-state index contributed by atoms with van der Waals surface area (Å²) in [7, 11) is 6.47. The molecule has 0 amide bonds. The van der Waals surface area contributed by atoms with E-state index in [1.165, 1.54) is 13.8 Å². The summed E-state index contributed by atoms with van der Waals surface area (Å²) in [5.74, 6) is -2.35. The number of rotatable bonds is 14. The molecule has 4 heterocycles. The summed E-state index contributed by atoms with van der Waals surface area (Å²) < 4.78 is 81.0. The van der Waals surface area contributed by atoms with Crippen molar-refractivity contribution in [3.05, 3.63) is 11.6 Å². The van der Waals surface area contributed by atoms with Gasteiger partial charge in [0.05, 0.1) is 54.9 Å². The van der Waals surface area contributed by atoms with Crippen molar-refractivity contribution in [1.29, 1.82) is 0 Å². The Balaban J connectivity index is 0.869. The number of ketones is 1. The van der Waals surface area contributed by atoms with Crippen LogP contribution in [-0.2, 0) is 71.2 Å². The molecule has 4 aliphatic carbocycles. The molecule has 8 aliphatic rings. The number of Topliss-reactive ketones (excluding diaryl/α,β-unsaturated/α-hetero) is 1. The fraction of sp³-hybridized carbons (Fsp3) is 0.922. The van der Waals surface area contributed by atoms with Crippen molar-refractivity contribution in [3.63, 3.8) is 0 Å². The average Bonchev–Trinajstić information content (AvgIpc) is 3.61. The van der Waals surface area contributed by atoms with Gasteiger partial charge >= 0.3 is 5.97 Å². The third-order valence-corrected chi connectivity index (χ3v) is 18.2. The topological polar surface area (TPSA) is 235 Å². The van der Waals surface area contributed by atoms with Crippen LogP contribution in [0.4, 0.5) is 0 Å². The summed E-state index contributed by atoms with van der Waals surface area (Å²) in [5.41, 5.74) is -4.79. The van der Waals surface area contributed by atoms with Gasteiger partial charge in [0.1, 0.15) is 53.6 Å². The third-order valence-electron chi connectivity index (χ3n) is 18.2. The van der Waals surface area contributed by atoms with E-state index < -0.39 is 144 Å². The third kappa shape index (κ3) is 9.50. The van der Waals surface area contributed by atoms with Gasteiger partial charge in [-0.05, 0) is 78.6 Å². The van der Waals surface area contributed by atoms with Crippen molar-refractivity contribution in [2.75, 3.05) is 28.4 Å².